The zero-order chi connectivity index (χ0) is 7.11. The average molecular weight is 130 g/mol. The van der Waals surface area contributed by atoms with Crippen LogP contribution in [0.15, 0.2) is 12.2 Å². The van der Waals surface area contributed by atoms with Gasteiger partial charge in [0.25, 0.3) is 0 Å². The summed E-state index contributed by atoms with van der Waals surface area (Å²) < 4.78 is 4.34. The zero-order valence-electron chi connectivity index (χ0n) is 5.04. The third-order valence-corrected chi connectivity index (χ3v) is 0.625. The standard InChI is InChI=1S/C5H10N2O2/c6-3-1-2-4-9-5(7)8/h1-2H,3-4,6H2,(H2,7,8). The normalized spacial score (nSPS) is 9.89. The Labute approximate surface area is 53.5 Å². The molecule has 0 spiro atoms. The van der Waals surface area contributed by atoms with Crippen LogP contribution < -0.4 is 11.5 Å². The Kier molecular flexibility index (Phi) is 4.53. The lowest BCUT2D eigenvalue weighted by molar-refractivity contribution is 0.169. The lowest BCUT2D eigenvalue weighted by Gasteiger charge is -1.92. The summed E-state index contributed by atoms with van der Waals surface area (Å²) in [5, 5.41) is 0. The Bertz CT molecular complexity index is 112. The molecule has 0 radical (unpaired) electrons. The summed E-state index contributed by atoms with van der Waals surface area (Å²) in [6.45, 7) is 0.647. The van der Waals surface area contributed by atoms with Gasteiger partial charge in [0.05, 0.1) is 0 Å². The van der Waals surface area contributed by atoms with Crippen molar-refractivity contribution in [2.45, 2.75) is 0 Å². The maximum atomic E-state index is 9.90. The fourth-order valence-electron chi connectivity index (χ4n) is 0.295. The second-order valence-corrected chi connectivity index (χ2v) is 1.34. The zero-order valence-corrected chi connectivity index (χ0v) is 5.04. The third kappa shape index (κ3) is 6.97. The highest BCUT2D eigenvalue weighted by Gasteiger charge is 1.85. The predicted octanol–water partition coefficient (Wildman–Crippen LogP) is -0.403. The van der Waals surface area contributed by atoms with Crippen molar-refractivity contribution in [3.05, 3.63) is 12.2 Å². The van der Waals surface area contributed by atoms with Crippen LogP contribution in [0.25, 0.3) is 0 Å². The Morgan fingerprint density at radius 2 is 2.22 bits per heavy atom. The molecule has 4 nitrogen and oxygen atoms in total. The molecule has 0 unspecified atom stereocenters. The molecule has 4 N–H and O–H groups in total. The largest absolute Gasteiger partial charge is 0.445 e. The van der Waals surface area contributed by atoms with E-state index in [0.717, 1.165) is 0 Å². The van der Waals surface area contributed by atoms with Crippen molar-refractivity contribution in [3.63, 3.8) is 0 Å². The molecule has 0 aliphatic heterocycles. The van der Waals surface area contributed by atoms with Gasteiger partial charge in [-0.05, 0) is 6.08 Å². The molecule has 0 aliphatic carbocycles. The maximum Gasteiger partial charge on any atom is 0.404 e. The molecule has 0 heterocycles. The minimum absolute atomic E-state index is 0.201. The first kappa shape index (κ1) is 7.97. The molecule has 0 atom stereocenters. The van der Waals surface area contributed by atoms with E-state index in [-0.39, 0.29) is 6.61 Å². The molecular formula is C5H10N2O2. The molecule has 0 fully saturated rings. The van der Waals surface area contributed by atoms with Gasteiger partial charge in [0.1, 0.15) is 6.61 Å². The van der Waals surface area contributed by atoms with Crippen LogP contribution in [0.5, 0.6) is 0 Å². The SMILES string of the molecule is NCC=CCOC(N)=O. The van der Waals surface area contributed by atoms with Gasteiger partial charge < -0.3 is 16.2 Å². The number of hydrogen-bond donors (Lipinski definition) is 2. The van der Waals surface area contributed by atoms with Crippen molar-refractivity contribution >= 4 is 6.09 Å². The molecule has 0 rings (SSSR count). The summed E-state index contributed by atoms with van der Waals surface area (Å²) in [4.78, 5) is 9.90. The minimum atomic E-state index is -0.767. The quantitative estimate of drug-likeness (QED) is 0.510. The van der Waals surface area contributed by atoms with E-state index >= 15 is 0 Å². The Morgan fingerprint density at radius 1 is 1.56 bits per heavy atom. The molecule has 9 heavy (non-hydrogen) atoms. The lowest BCUT2D eigenvalue weighted by Crippen LogP contribution is -2.12. The van der Waals surface area contributed by atoms with Crippen LogP contribution in [0.2, 0.25) is 0 Å². The Morgan fingerprint density at radius 3 is 2.67 bits per heavy atom. The number of ether oxygens (including phenoxy) is 1. The summed E-state index contributed by atoms with van der Waals surface area (Å²) in [5.74, 6) is 0. The topological polar surface area (TPSA) is 78.3 Å². The summed E-state index contributed by atoms with van der Waals surface area (Å²) in [6, 6.07) is 0. The van der Waals surface area contributed by atoms with Crippen LogP contribution in [-0.4, -0.2) is 19.2 Å². The molecule has 0 aromatic carbocycles. The predicted molar refractivity (Wildman–Crippen MR) is 33.7 cm³/mol. The summed E-state index contributed by atoms with van der Waals surface area (Å²) in [5.41, 5.74) is 9.74. The van der Waals surface area contributed by atoms with E-state index in [1.807, 2.05) is 0 Å². The fourth-order valence-corrected chi connectivity index (χ4v) is 0.295. The number of hydrogen-bond acceptors (Lipinski definition) is 3. The van der Waals surface area contributed by atoms with Gasteiger partial charge in [0.15, 0.2) is 0 Å². The van der Waals surface area contributed by atoms with Gasteiger partial charge in [-0.15, -0.1) is 0 Å². The lowest BCUT2D eigenvalue weighted by atomic mass is 10.5. The first-order valence-corrected chi connectivity index (χ1v) is 2.54. The van der Waals surface area contributed by atoms with Crippen molar-refractivity contribution in [2.24, 2.45) is 11.5 Å². The second kappa shape index (κ2) is 5.11. The smallest absolute Gasteiger partial charge is 0.404 e. The summed E-state index contributed by atoms with van der Waals surface area (Å²) >= 11 is 0. The first-order chi connectivity index (χ1) is 4.27. The number of carbonyl (C=O) groups excluding carboxylic acids is 1. The van der Waals surface area contributed by atoms with E-state index in [9.17, 15) is 4.79 Å². The Balaban J connectivity index is 3.09. The van der Waals surface area contributed by atoms with Crippen molar-refractivity contribution in [1.82, 2.24) is 0 Å². The molecule has 0 aromatic rings. The highest BCUT2D eigenvalue weighted by molar-refractivity contribution is 5.64. The second-order valence-electron chi connectivity index (χ2n) is 1.34. The maximum absolute atomic E-state index is 9.90. The molecule has 52 valence electrons. The van der Waals surface area contributed by atoms with Gasteiger partial charge in [0.2, 0.25) is 0 Å². The Hall–Kier alpha value is -1.03. The van der Waals surface area contributed by atoms with Crippen LogP contribution in [0.4, 0.5) is 4.79 Å². The van der Waals surface area contributed by atoms with E-state index in [4.69, 9.17) is 5.73 Å². The van der Waals surface area contributed by atoms with Crippen molar-refractivity contribution in [2.75, 3.05) is 13.2 Å². The van der Waals surface area contributed by atoms with E-state index < -0.39 is 6.09 Å². The van der Waals surface area contributed by atoms with Gasteiger partial charge >= 0.3 is 6.09 Å². The van der Waals surface area contributed by atoms with Crippen LogP contribution in [-0.2, 0) is 4.74 Å². The van der Waals surface area contributed by atoms with Crippen molar-refractivity contribution in [3.8, 4) is 0 Å². The summed E-state index contributed by atoms with van der Waals surface area (Å²) in [6.07, 6.45) is 2.55. The first-order valence-electron chi connectivity index (χ1n) is 2.54. The van der Waals surface area contributed by atoms with Gasteiger partial charge in [-0.3, -0.25) is 0 Å². The fraction of sp³-hybridized carbons (Fsp3) is 0.400. The number of nitrogens with two attached hydrogens (primary N) is 2. The molecule has 0 saturated heterocycles. The van der Waals surface area contributed by atoms with E-state index in [1.165, 1.54) is 0 Å². The molecule has 0 saturated carbocycles. The van der Waals surface area contributed by atoms with Crippen molar-refractivity contribution in [1.29, 1.82) is 0 Å². The number of primary amides is 1. The molecule has 0 aliphatic rings. The van der Waals surface area contributed by atoms with E-state index in [2.05, 4.69) is 10.5 Å². The van der Waals surface area contributed by atoms with Gasteiger partial charge in [-0.2, -0.15) is 0 Å². The van der Waals surface area contributed by atoms with Gasteiger partial charge in [0, 0.05) is 6.54 Å². The third-order valence-electron chi connectivity index (χ3n) is 0.625. The van der Waals surface area contributed by atoms with Crippen LogP contribution in [0, 0.1) is 0 Å². The number of carbonyl (C=O) groups is 1. The van der Waals surface area contributed by atoms with Crippen LogP contribution >= 0.6 is 0 Å². The molecule has 4 heteroatoms. The van der Waals surface area contributed by atoms with Crippen LogP contribution in [0.1, 0.15) is 0 Å². The molecule has 1 amide bonds. The monoisotopic (exact) mass is 130 g/mol. The average Bonchev–Trinajstić information content (AvgIpc) is 1.80. The highest BCUT2D eigenvalue weighted by atomic mass is 16.5. The van der Waals surface area contributed by atoms with Gasteiger partial charge in [-0.1, -0.05) is 6.08 Å². The van der Waals surface area contributed by atoms with E-state index in [0.29, 0.717) is 6.54 Å². The van der Waals surface area contributed by atoms with Crippen molar-refractivity contribution < 1.29 is 9.53 Å². The minimum Gasteiger partial charge on any atom is -0.445 e. The van der Waals surface area contributed by atoms with Crippen LogP contribution in [0.3, 0.4) is 0 Å². The van der Waals surface area contributed by atoms with Gasteiger partial charge in [-0.25, -0.2) is 4.79 Å². The highest BCUT2D eigenvalue weighted by Crippen LogP contribution is 1.74. The molecular weight excluding hydrogens is 120 g/mol. The molecule has 0 bridgehead atoms. The number of amides is 1. The molecule has 0 aromatic heterocycles. The van der Waals surface area contributed by atoms with E-state index in [1.54, 1.807) is 12.2 Å². The summed E-state index contributed by atoms with van der Waals surface area (Å²) in [7, 11) is 0. The number of rotatable bonds is 3.